The van der Waals surface area contributed by atoms with Crippen LogP contribution in [-0.4, -0.2) is 19.6 Å². The van der Waals surface area contributed by atoms with Gasteiger partial charge in [0.1, 0.15) is 5.82 Å². The normalized spacial score (nSPS) is 10.6. The van der Waals surface area contributed by atoms with Crippen molar-refractivity contribution >= 4 is 5.82 Å². The Morgan fingerprint density at radius 3 is 2.62 bits per heavy atom. The van der Waals surface area contributed by atoms with E-state index in [9.17, 15) is 0 Å². The van der Waals surface area contributed by atoms with E-state index in [1.807, 2.05) is 26.4 Å². The summed E-state index contributed by atoms with van der Waals surface area (Å²) in [6, 6.07) is 1.83. The molecule has 0 radical (unpaired) electrons. The largest absolute Gasteiger partial charge is 0.384 e. The zero-order valence-electron chi connectivity index (χ0n) is 7.60. The van der Waals surface area contributed by atoms with Crippen LogP contribution in [0.15, 0.2) is 18.5 Å². The van der Waals surface area contributed by atoms with Crippen LogP contribution in [0.2, 0.25) is 0 Å². The molecule has 0 bridgehead atoms. The van der Waals surface area contributed by atoms with Gasteiger partial charge in [-0.15, -0.1) is 0 Å². The van der Waals surface area contributed by atoms with E-state index in [-0.39, 0.29) is 0 Å². The maximum atomic E-state index is 5.66. The van der Waals surface area contributed by atoms with Crippen molar-refractivity contribution in [1.82, 2.24) is 19.6 Å². The average molecular weight is 177 g/mol. The van der Waals surface area contributed by atoms with Crippen LogP contribution in [0, 0.1) is 0 Å². The number of nitrogens with zero attached hydrogens (tertiary/aromatic N) is 4. The Hall–Kier alpha value is -1.78. The van der Waals surface area contributed by atoms with E-state index in [1.165, 1.54) is 0 Å². The highest BCUT2D eigenvalue weighted by atomic mass is 15.3. The van der Waals surface area contributed by atoms with Crippen molar-refractivity contribution in [3.8, 4) is 11.3 Å². The molecule has 0 aliphatic rings. The Bertz CT molecular complexity index is 406. The minimum Gasteiger partial charge on any atom is -0.384 e. The van der Waals surface area contributed by atoms with E-state index in [1.54, 1.807) is 15.6 Å². The van der Waals surface area contributed by atoms with Crippen LogP contribution in [-0.2, 0) is 14.1 Å². The molecule has 0 aliphatic carbocycles. The lowest BCUT2D eigenvalue weighted by molar-refractivity contribution is 0.767. The minimum atomic E-state index is 0.652. The molecule has 0 aromatic carbocycles. The predicted octanol–water partition coefficient (Wildman–Crippen LogP) is 0.403. The van der Waals surface area contributed by atoms with Crippen molar-refractivity contribution < 1.29 is 0 Å². The molecule has 5 nitrogen and oxygen atoms in total. The molecular weight excluding hydrogens is 166 g/mol. The van der Waals surface area contributed by atoms with Gasteiger partial charge < -0.3 is 5.73 Å². The number of nitrogen functional groups attached to an aromatic ring is 1. The Balaban J connectivity index is 2.46. The zero-order valence-corrected chi connectivity index (χ0v) is 7.60. The highest BCUT2D eigenvalue weighted by Gasteiger charge is 2.05. The molecule has 0 atom stereocenters. The van der Waals surface area contributed by atoms with Crippen LogP contribution in [0.25, 0.3) is 11.3 Å². The summed E-state index contributed by atoms with van der Waals surface area (Å²) in [5, 5.41) is 8.29. The van der Waals surface area contributed by atoms with Crippen LogP contribution in [0.1, 0.15) is 0 Å². The quantitative estimate of drug-likeness (QED) is 0.686. The molecule has 0 saturated carbocycles. The van der Waals surface area contributed by atoms with E-state index < -0.39 is 0 Å². The summed E-state index contributed by atoms with van der Waals surface area (Å²) in [5.41, 5.74) is 7.49. The fraction of sp³-hybridized carbons (Fsp3) is 0.250. The van der Waals surface area contributed by atoms with E-state index in [2.05, 4.69) is 10.2 Å². The summed E-state index contributed by atoms with van der Waals surface area (Å²) in [6.45, 7) is 0. The van der Waals surface area contributed by atoms with E-state index in [0.717, 1.165) is 11.3 Å². The molecule has 2 heterocycles. The third-order valence-corrected chi connectivity index (χ3v) is 1.92. The van der Waals surface area contributed by atoms with Crippen LogP contribution >= 0.6 is 0 Å². The van der Waals surface area contributed by atoms with Crippen LogP contribution in [0.3, 0.4) is 0 Å². The fourth-order valence-electron chi connectivity index (χ4n) is 1.18. The number of hydrogen-bond acceptors (Lipinski definition) is 3. The van der Waals surface area contributed by atoms with Crippen molar-refractivity contribution in [1.29, 1.82) is 0 Å². The van der Waals surface area contributed by atoms with Gasteiger partial charge in [0.15, 0.2) is 0 Å². The molecule has 2 rings (SSSR count). The number of nitrogens with two attached hydrogens (primary N) is 1. The van der Waals surface area contributed by atoms with Crippen LogP contribution in [0.5, 0.6) is 0 Å². The number of aromatic nitrogens is 4. The van der Waals surface area contributed by atoms with Crippen LogP contribution < -0.4 is 5.73 Å². The Kier molecular flexibility index (Phi) is 1.58. The molecule has 5 heteroatoms. The van der Waals surface area contributed by atoms with Gasteiger partial charge in [-0.3, -0.25) is 9.36 Å². The van der Waals surface area contributed by atoms with Crippen molar-refractivity contribution in [3.05, 3.63) is 18.5 Å². The zero-order chi connectivity index (χ0) is 9.42. The van der Waals surface area contributed by atoms with E-state index in [0.29, 0.717) is 5.82 Å². The van der Waals surface area contributed by atoms with Gasteiger partial charge in [0, 0.05) is 31.9 Å². The maximum absolute atomic E-state index is 5.66. The number of rotatable bonds is 1. The van der Waals surface area contributed by atoms with Gasteiger partial charge in [-0.1, -0.05) is 0 Å². The van der Waals surface area contributed by atoms with Crippen LogP contribution in [0.4, 0.5) is 5.82 Å². The highest BCUT2D eigenvalue weighted by molar-refractivity contribution is 5.60. The van der Waals surface area contributed by atoms with Gasteiger partial charge >= 0.3 is 0 Å². The topological polar surface area (TPSA) is 61.7 Å². The first-order valence-electron chi connectivity index (χ1n) is 3.95. The Labute approximate surface area is 75.8 Å². The van der Waals surface area contributed by atoms with Gasteiger partial charge in [-0.2, -0.15) is 10.2 Å². The number of hydrogen-bond donors (Lipinski definition) is 1. The van der Waals surface area contributed by atoms with Crippen molar-refractivity contribution in [2.24, 2.45) is 14.1 Å². The summed E-state index contributed by atoms with van der Waals surface area (Å²) in [5.74, 6) is 0.652. The lowest BCUT2D eigenvalue weighted by Crippen LogP contribution is -1.96. The molecular formula is C8H11N5. The average Bonchev–Trinajstić information content (AvgIpc) is 2.61. The molecule has 0 saturated heterocycles. The first kappa shape index (κ1) is 7.85. The Morgan fingerprint density at radius 2 is 2.15 bits per heavy atom. The second kappa shape index (κ2) is 2.62. The summed E-state index contributed by atoms with van der Waals surface area (Å²) in [4.78, 5) is 0. The monoisotopic (exact) mass is 177 g/mol. The van der Waals surface area contributed by atoms with Crippen molar-refractivity contribution in [3.63, 3.8) is 0 Å². The maximum Gasteiger partial charge on any atom is 0.121 e. The summed E-state index contributed by atoms with van der Waals surface area (Å²) >= 11 is 0. The fourth-order valence-corrected chi connectivity index (χ4v) is 1.18. The highest BCUT2D eigenvalue weighted by Crippen LogP contribution is 2.18. The summed E-state index contributed by atoms with van der Waals surface area (Å²) in [7, 11) is 3.69. The second-order valence-electron chi connectivity index (χ2n) is 2.98. The molecule has 0 fully saturated rings. The SMILES string of the molecule is Cn1cc(-c2cc(N)n(C)n2)cn1. The molecule has 0 aliphatic heterocycles. The van der Waals surface area contributed by atoms with E-state index in [4.69, 9.17) is 5.73 Å². The summed E-state index contributed by atoms with van der Waals surface area (Å²) < 4.78 is 3.38. The molecule has 2 N–H and O–H groups in total. The molecule has 13 heavy (non-hydrogen) atoms. The first-order valence-corrected chi connectivity index (χ1v) is 3.95. The smallest absolute Gasteiger partial charge is 0.121 e. The van der Waals surface area contributed by atoms with Crippen molar-refractivity contribution in [2.45, 2.75) is 0 Å². The number of anilines is 1. The van der Waals surface area contributed by atoms with Gasteiger partial charge in [0.05, 0.1) is 11.9 Å². The standard InChI is InChI=1S/C8H11N5/c1-12-5-6(4-10-12)7-3-8(9)13(2)11-7/h3-5H,9H2,1-2H3. The third-order valence-electron chi connectivity index (χ3n) is 1.92. The molecule has 2 aromatic rings. The number of aryl methyl sites for hydroxylation is 2. The first-order chi connectivity index (χ1) is 6.16. The van der Waals surface area contributed by atoms with Crippen molar-refractivity contribution in [2.75, 3.05) is 5.73 Å². The van der Waals surface area contributed by atoms with E-state index >= 15 is 0 Å². The molecule has 68 valence electrons. The van der Waals surface area contributed by atoms with Gasteiger partial charge in [0.2, 0.25) is 0 Å². The molecule has 0 unspecified atom stereocenters. The predicted molar refractivity (Wildman–Crippen MR) is 49.8 cm³/mol. The lowest BCUT2D eigenvalue weighted by Gasteiger charge is -1.89. The second-order valence-corrected chi connectivity index (χ2v) is 2.98. The molecule has 2 aromatic heterocycles. The van der Waals surface area contributed by atoms with Gasteiger partial charge in [-0.05, 0) is 0 Å². The Morgan fingerprint density at radius 1 is 1.38 bits per heavy atom. The van der Waals surface area contributed by atoms with Gasteiger partial charge in [-0.25, -0.2) is 0 Å². The molecule has 0 amide bonds. The summed E-state index contributed by atoms with van der Waals surface area (Å²) in [6.07, 6.45) is 3.67. The minimum absolute atomic E-state index is 0.652. The van der Waals surface area contributed by atoms with Gasteiger partial charge in [0.25, 0.3) is 0 Å². The lowest BCUT2D eigenvalue weighted by atomic mass is 10.3. The third kappa shape index (κ3) is 1.28. The molecule has 0 spiro atoms.